The summed E-state index contributed by atoms with van der Waals surface area (Å²) in [6.07, 6.45) is 1.61. The molecule has 0 atom stereocenters. The van der Waals surface area contributed by atoms with Crippen LogP contribution in [0.2, 0.25) is 0 Å². The van der Waals surface area contributed by atoms with Crippen molar-refractivity contribution in [2.24, 2.45) is 0 Å². The summed E-state index contributed by atoms with van der Waals surface area (Å²) in [6, 6.07) is 8.49. The van der Waals surface area contributed by atoms with Gasteiger partial charge < -0.3 is 20.5 Å². The van der Waals surface area contributed by atoms with E-state index in [1.807, 2.05) is 0 Å². The number of nitrogens with zero attached hydrogens (tertiary/aromatic N) is 1. The summed E-state index contributed by atoms with van der Waals surface area (Å²) in [4.78, 5) is 15.8. The maximum absolute atomic E-state index is 11.7. The van der Waals surface area contributed by atoms with Crippen LogP contribution in [0.15, 0.2) is 36.5 Å². The highest BCUT2D eigenvalue weighted by atomic mass is 16.5. The molecule has 0 aliphatic carbocycles. The lowest BCUT2D eigenvalue weighted by Gasteiger charge is -2.11. The minimum absolute atomic E-state index is 0.364. The lowest BCUT2D eigenvalue weighted by atomic mass is 10.1. The third-order valence-electron chi connectivity index (χ3n) is 2.67. The van der Waals surface area contributed by atoms with Gasteiger partial charge in [-0.1, -0.05) is 0 Å². The van der Waals surface area contributed by atoms with Crippen LogP contribution in [0, 0.1) is 0 Å². The van der Waals surface area contributed by atoms with E-state index in [4.69, 9.17) is 15.2 Å². The second-order valence-electron chi connectivity index (χ2n) is 4.01. The Morgan fingerprint density at radius 3 is 2.65 bits per heavy atom. The van der Waals surface area contributed by atoms with E-state index in [1.165, 1.54) is 7.11 Å². The van der Waals surface area contributed by atoms with Crippen LogP contribution < -0.4 is 15.8 Å². The van der Waals surface area contributed by atoms with E-state index >= 15 is 0 Å². The number of carbonyl (C=O) groups excluding carboxylic acids is 1. The summed E-state index contributed by atoms with van der Waals surface area (Å²) in [6.45, 7) is 0. The predicted octanol–water partition coefficient (Wildman–Crippen LogP) is 2.20. The zero-order valence-corrected chi connectivity index (χ0v) is 11.2. The highest BCUT2D eigenvalue weighted by Gasteiger charge is 2.12. The number of pyridine rings is 1. The second kappa shape index (κ2) is 5.92. The number of anilines is 3. The normalized spacial score (nSPS) is 9.90. The number of benzene rings is 1. The number of nitrogen functional groups attached to an aromatic ring is 1. The van der Waals surface area contributed by atoms with Crippen molar-refractivity contribution in [3.8, 4) is 5.88 Å². The molecule has 1 heterocycles. The number of methoxy groups -OCH3 is 2. The molecule has 3 N–H and O–H groups in total. The number of ether oxygens (including phenoxy) is 2. The lowest BCUT2D eigenvalue weighted by molar-refractivity contribution is 0.0602. The monoisotopic (exact) mass is 273 g/mol. The summed E-state index contributed by atoms with van der Waals surface area (Å²) in [5.41, 5.74) is 7.86. The number of carbonyl (C=O) groups is 1. The van der Waals surface area contributed by atoms with Crippen molar-refractivity contribution in [2.45, 2.75) is 0 Å². The Kier molecular flexibility index (Phi) is 4.05. The van der Waals surface area contributed by atoms with Crippen LogP contribution in [0.3, 0.4) is 0 Å². The van der Waals surface area contributed by atoms with Crippen LogP contribution >= 0.6 is 0 Å². The van der Waals surface area contributed by atoms with Gasteiger partial charge >= 0.3 is 5.97 Å². The quantitative estimate of drug-likeness (QED) is 0.656. The third-order valence-corrected chi connectivity index (χ3v) is 2.67. The Morgan fingerprint density at radius 1 is 1.25 bits per heavy atom. The third kappa shape index (κ3) is 2.97. The fourth-order valence-electron chi connectivity index (χ4n) is 1.68. The first-order valence-electron chi connectivity index (χ1n) is 5.89. The SMILES string of the molecule is COC(=O)c1cc(N)ccc1Nc1ccc(OC)nc1. The van der Waals surface area contributed by atoms with Gasteiger partial charge in [-0.05, 0) is 24.3 Å². The molecular formula is C14H15N3O3. The Labute approximate surface area is 116 Å². The molecule has 1 aromatic carbocycles. The first-order chi connectivity index (χ1) is 9.63. The molecule has 0 aliphatic rings. The van der Waals surface area contributed by atoms with Crippen LogP contribution in [-0.2, 0) is 4.74 Å². The van der Waals surface area contributed by atoms with Crippen LogP contribution in [0.25, 0.3) is 0 Å². The van der Waals surface area contributed by atoms with E-state index in [1.54, 1.807) is 43.6 Å². The Morgan fingerprint density at radius 2 is 2.05 bits per heavy atom. The molecule has 0 spiro atoms. The molecule has 6 heteroatoms. The van der Waals surface area contributed by atoms with Crippen molar-refractivity contribution in [3.63, 3.8) is 0 Å². The van der Waals surface area contributed by atoms with Crippen LogP contribution in [0.4, 0.5) is 17.1 Å². The van der Waals surface area contributed by atoms with Crippen molar-refractivity contribution in [1.29, 1.82) is 0 Å². The molecule has 0 saturated heterocycles. The molecule has 0 unspecified atom stereocenters. The highest BCUT2D eigenvalue weighted by Crippen LogP contribution is 2.24. The Balaban J connectivity index is 2.30. The van der Waals surface area contributed by atoms with Gasteiger partial charge in [-0.2, -0.15) is 0 Å². The molecule has 6 nitrogen and oxygen atoms in total. The van der Waals surface area contributed by atoms with Crippen molar-refractivity contribution < 1.29 is 14.3 Å². The fraction of sp³-hybridized carbons (Fsp3) is 0.143. The molecule has 20 heavy (non-hydrogen) atoms. The average molecular weight is 273 g/mol. The first kappa shape index (κ1) is 13.7. The van der Waals surface area contributed by atoms with Crippen LogP contribution in [0.5, 0.6) is 5.88 Å². The minimum atomic E-state index is -0.457. The van der Waals surface area contributed by atoms with E-state index in [2.05, 4.69) is 10.3 Å². The van der Waals surface area contributed by atoms with Crippen LogP contribution in [0.1, 0.15) is 10.4 Å². The molecule has 0 amide bonds. The molecule has 0 aliphatic heterocycles. The summed E-state index contributed by atoms with van der Waals surface area (Å²) in [5.74, 6) is 0.0577. The molecule has 104 valence electrons. The van der Waals surface area contributed by atoms with Gasteiger partial charge in [-0.15, -0.1) is 0 Å². The molecule has 2 aromatic rings. The number of nitrogens with one attached hydrogen (secondary N) is 1. The van der Waals surface area contributed by atoms with Gasteiger partial charge in [0.15, 0.2) is 0 Å². The average Bonchev–Trinajstić information content (AvgIpc) is 2.49. The van der Waals surface area contributed by atoms with Crippen molar-refractivity contribution in [2.75, 3.05) is 25.3 Å². The highest BCUT2D eigenvalue weighted by molar-refractivity contribution is 5.97. The standard InChI is InChI=1S/C14H15N3O3/c1-19-13-6-4-10(8-16-13)17-12-5-3-9(15)7-11(12)14(18)20-2/h3-8,17H,15H2,1-2H3. The maximum Gasteiger partial charge on any atom is 0.340 e. The number of hydrogen-bond donors (Lipinski definition) is 2. The van der Waals surface area contributed by atoms with Gasteiger partial charge in [0.05, 0.1) is 37.4 Å². The molecule has 0 fully saturated rings. The van der Waals surface area contributed by atoms with E-state index in [0.717, 1.165) is 5.69 Å². The van der Waals surface area contributed by atoms with E-state index < -0.39 is 5.97 Å². The molecule has 0 bridgehead atoms. The van der Waals surface area contributed by atoms with Gasteiger partial charge in [0, 0.05) is 11.8 Å². The van der Waals surface area contributed by atoms with Crippen molar-refractivity contribution in [3.05, 3.63) is 42.1 Å². The minimum Gasteiger partial charge on any atom is -0.481 e. The number of aromatic nitrogens is 1. The van der Waals surface area contributed by atoms with E-state index in [-0.39, 0.29) is 0 Å². The van der Waals surface area contributed by atoms with Gasteiger partial charge in [0.25, 0.3) is 0 Å². The first-order valence-corrected chi connectivity index (χ1v) is 5.89. The number of hydrogen-bond acceptors (Lipinski definition) is 6. The van der Waals surface area contributed by atoms with Crippen molar-refractivity contribution >= 4 is 23.0 Å². The topological polar surface area (TPSA) is 86.5 Å². The molecule has 2 rings (SSSR count). The summed E-state index contributed by atoms with van der Waals surface area (Å²) in [5, 5.41) is 3.09. The van der Waals surface area contributed by atoms with Crippen molar-refractivity contribution in [1.82, 2.24) is 4.98 Å². The van der Waals surface area contributed by atoms with Crippen LogP contribution in [-0.4, -0.2) is 25.2 Å². The second-order valence-corrected chi connectivity index (χ2v) is 4.01. The fourth-order valence-corrected chi connectivity index (χ4v) is 1.68. The lowest BCUT2D eigenvalue weighted by Crippen LogP contribution is -2.06. The molecule has 0 saturated carbocycles. The van der Waals surface area contributed by atoms with Gasteiger partial charge in [-0.25, -0.2) is 9.78 Å². The molecule has 0 radical (unpaired) electrons. The Hall–Kier alpha value is -2.76. The zero-order chi connectivity index (χ0) is 14.5. The summed E-state index contributed by atoms with van der Waals surface area (Å²) < 4.78 is 9.72. The number of nitrogens with two attached hydrogens (primary N) is 1. The van der Waals surface area contributed by atoms with Gasteiger partial charge in [0.2, 0.25) is 5.88 Å². The number of esters is 1. The summed E-state index contributed by atoms with van der Waals surface area (Å²) >= 11 is 0. The zero-order valence-electron chi connectivity index (χ0n) is 11.2. The van der Waals surface area contributed by atoms with E-state index in [0.29, 0.717) is 22.8 Å². The predicted molar refractivity (Wildman–Crippen MR) is 76.3 cm³/mol. The van der Waals surface area contributed by atoms with E-state index in [9.17, 15) is 4.79 Å². The molecule has 1 aromatic heterocycles. The maximum atomic E-state index is 11.7. The number of rotatable bonds is 4. The Bertz CT molecular complexity index is 612. The molecular weight excluding hydrogens is 258 g/mol. The largest absolute Gasteiger partial charge is 0.481 e. The summed E-state index contributed by atoms with van der Waals surface area (Å²) in [7, 11) is 2.87. The van der Waals surface area contributed by atoms with Gasteiger partial charge in [-0.3, -0.25) is 0 Å². The smallest absolute Gasteiger partial charge is 0.340 e. The van der Waals surface area contributed by atoms with Gasteiger partial charge in [0.1, 0.15) is 0 Å².